The third-order valence-electron chi connectivity index (χ3n) is 6.33. The number of nitrogens with one attached hydrogen (secondary N) is 1. The van der Waals surface area contributed by atoms with Crippen molar-refractivity contribution in [2.24, 2.45) is 0 Å². The van der Waals surface area contributed by atoms with Crippen LogP contribution in [-0.4, -0.2) is 44.5 Å². The molecule has 40 heavy (non-hydrogen) atoms. The van der Waals surface area contributed by atoms with Crippen LogP contribution >= 0.6 is 0 Å². The maximum absolute atomic E-state index is 12.6. The number of anilines is 1. The summed E-state index contributed by atoms with van der Waals surface area (Å²) in [7, 11) is 1.36. The van der Waals surface area contributed by atoms with Crippen molar-refractivity contribution in [1.29, 1.82) is 0 Å². The Morgan fingerprint density at radius 1 is 1.02 bits per heavy atom. The molecular weight excluding hydrogens is 510 g/mol. The Hall–Kier alpha value is -4.73. The number of carbonyl (C=O) groups is 2. The van der Waals surface area contributed by atoms with Crippen molar-refractivity contribution in [3.63, 3.8) is 0 Å². The number of aryl methyl sites for hydroxylation is 1. The number of benzene rings is 2. The molecule has 2 aromatic carbocycles. The third kappa shape index (κ3) is 6.12. The highest BCUT2D eigenvalue weighted by Crippen LogP contribution is 2.38. The summed E-state index contributed by atoms with van der Waals surface area (Å²) in [5.41, 5.74) is 5.91. The molecule has 0 spiro atoms. The van der Waals surface area contributed by atoms with Crippen molar-refractivity contribution in [2.75, 3.05) is 12.4 Å². The molecule has 10 heteroatoms. The van der Waals surface area contributed by atoms with Gasteiger partial charge in [-0.25, -0.2) is 19.6 Å². The lowest BCUT2D eigenvalue weighted by Crippen LogP contribution is -2.27. The first-order chi connectivity index (χ1) is 19.2. The van der Waals surface area contributed by atoms with Crippen molar-refractivity contribution in [2.45, 2.75) is 52.4 Å². The lowest BCUT2D eigenvalue weighted by Gasteiger charge is -2.20. The fourth-order valence-electron chi connectivity index (χ4n) is 4.68. The van der Waals surface area contributed by atoms with Gasteiger partial charge in [-0.05, 0) is 75.1 Å². The van der Waals surface area contributed by atoms with E-state index in [1.54, 1.807) is 18.5 Å². The van der Waals surface area contributed by atoms with E-state index in [0.29, 0.717) is 31.0 Å². The van der Waals surface area contributed by atoms with E-state index in [1.807, 2.05) is 61.9 Å². The van der Waals surface area contributed by atoms with Gasteiger partial charge < -0.3 is 14.2 Å². The molecule has 2 aromatic heterocycles. The Labute approximate surface area is 232 Å². The topological polar surface area (TPSA) is 117 Å². The number of methoxy groups -OCH3 is 1. The zero-order valence-electron chi connectivity index (χ0n) is 22.9. The van der Waals surface area contributed by atoms with E-state index < -0.39 is 17.7 Å². The van der Waals surface area contributed by atoms with Gasteiger partial charge in [0.25, 0.3) is 0 Å². The van der Waals surface area contributed by atoms with Gasteiger partial charge in [-0.3, -0.25) is 10.00 Å². The Morgan fingerprint density at radius 3 is 2.58 bits per heavy atom. The predicted octanol–water partition coefficient (Wildman–Crippen LogP) is 5.20. The maximum atomic E-state index is 12.6. The lowest BCUT2D eigenvalue weighted by atomic mass is 9.88. The maximum Gasteiger partial charge on any atom is 0.412 e. The largest absolute Gasteiger partial charge is 0.489 e. The monoisotopic (exact) mass is 541 g/mol. The Bertz CT molecular complexity index is 1540. The number of carbonyl (C=O) groups excluding carboxylic acids is 2. The van der Waals surface area contributed by atoms with Crippen LogP contribution in [0.3, 0.4) is 0 Å². The second-order valence-electron chi connectivity index (χ2n) is 10.5. The number of hydrogen-bond acceptors (Lipinski definition) is 8. The van der Waals surface area contributed by atoms with Gasteiger partial charge in [0.05, 0.1) is 19.3 Å². The van der Waals surface area contributed by atoms with Crippen molar-refractivity contribution >= 4 is 17.7 Å². The molecule has 0 radical (unpaired) electrons. The van der Waals surface area contributed by atoms with Crippen LogP contribution in [0.1, 0.15) is 53.5 Å². The predicted molar refractivity (Wildman–Crippen MR) is 148 cm³/mol. The van der Waals surface area contributed by atoms with E-state index in [-0.39, 0.29) is 0 Å². The molecule has 10 nitrogen and oxygen atoms in total. The molecule has 0 fully saturated rings. The molecule has 1 aliphatic rings. The van der Waals surface area contributed by atoms with E-state index in [0.717, 1.165) is 45.7 Å². The van der Waals surface area contributed by atoms with Crippen LogP contribution in [0.4, 0.5) is 10.5 Å². The molecule has 1 N–H and O–H groups in total. The van der Waals surface area contributed by atoms with E-state index in [9.17, 15) is 9.59 Å². The molecule has 2 heterocycles. The van der Waals surface area contributed by atoms with Crippen molar-refractivity contribution < 1.29 is 23.8 Å². The second-order valence-corrected chi connectivity index (χ2v) is 10.5. The first kappa shape index (κ1) is 26.9. The zero-order chi connectivity index (χ0) is 28.3. The number of nitrogens with zero attached hydrogens (tertiary/aromatic N) is 4. The summed E-state index contributed by atoms with van der Waals surface area (Å²) in [4.78, 5) is 33.0. The SMILES string of the molecule is COC(=O)c1nn(Cc2cccc(NC(=O)OC(C)(C)C)c2)c2c1CCc1cc(OCc3cncnc3)ccc1-2. The van der Waals surface area contributed by atoms with E-state index in [2.05, 4.69) is 20.4 Å². The minimum atomic E-state index is -0.603. The zero-order valence-corrected chi connectivity index (χ0v) is 22.9. The molecule has 0 unspecified atom stereocenters. The highest BCUT2D eigenvalue weighted by Gasteiger charge is 2.29. The number of hydrogen-bond donors (Lipinski definition) is 1. The van der Waals surface area contributed by atoms with E-state index >= 15 is 0 Å². The van der Waals surface area contributed by atoms with Crippen LogP contribution in [0.15, 0.2) is 61.2 Å². The lowest BCUT2D eigenvalue weighted by molar-refractivity contribution is 0.0589. The number of esters is 1. The fourth-order valence-corrected chi connectivity index (χ4v) is 4.68. The molecule has 206 valence electrons. The average Bonchev–Trinajstić information content (AvgIpc) is 3.29. The van der Waals surface area contributed by atoms with Crippen LogP contribution in [-0.2, 0) is 35.5 Å². The van der Waals surface area contributed by atoms with Crippen LogP contribution < -0.4 is 10.1 Å². The molecule has 4 aromatic rings. The van der Waals surface area contributed by atoms with E-state index in [4.69, 9.17) is 14.2 Å². The highest BCUT2D eigenvalue weighted by atomic mass is 16.6. The summed E-state index contributed by atoms with van der Waals surface area (Å²) in [5.74, 6) is 0.273. The van der Waals surface area contributed by atoms with Crippen LogP contribution in [0.25, 0.3) is 11.3 Å². The first-order valence-corrected chi connectivity index (χ1v) is 13.0. The van der Waals surface area contributed by atoms with Crippen LogP contribution in [0.5, 0.6) is 5.75 Å². The van der Waals surface area contributed by atoms with Crippen molar-refractivity contribution in [3.05, 3.63) is 89.1 Å². The van der Waals surface area contributed by atoms with Gasteiger partial charge in [-0.15, -0.1) is 0 Å². The molecule has 5 rings (SSSR count). The van der Waals surface area contributed by atoms with Gasteiger partial charge in [0.1, 0.15) is 24.3 Å². The van der Waals surface area contributed by atoms with Gasteiger partial charge in [-0.1, -0.05) is 12.1 Å². The molecule has 0 atom stereocenters. The standard InChI is InChI=1S/C30H31N5O5/c1-30(2,3)40-29(37)33-22-7-5-6-19(12-22)16-35-27-24-11-9-23(39-17-20-14-31-18-32-15-20)13-21(24)8-10-25(27)26(34-35)28(36)38-4/h5-7,9,11-15,18H,8,10,16-17H2,1-4H3,(H,33,37). The molecular formula is C30H31N5O5. The number of amides is 1. The minimum absolute atomic E-state index is 0.315. The number of aromatic nitrogens is 4. The van der Waals surface area contributed by atoms with Crippen LogP contribution in [0, 0.1) is 0 Å². The molecule has 1 aliphatic carbocycles. The highest BCUT2D eigenvalue weighted by molar-refractivity contribution is 5.92. The van der Waals surface area contributed by atoms with E-state index in [1.165, 1.54) is 13.4 Å². The van der Waals surface area contributed by atoms with Gasteiger partial charge in [0.2, 0.25) is 0 Å². The van der Waals surface area contributed by atoms with Crippen molar-refractivity contribution in [1.82, 2.24) is 19.7 Å². The fraction of sp³-hybridized carbons (Fsp3) is 0.300. The van der Waals surface area contributed by atoms with Gasteiger partial charge in [0.15, 0.2) is 5.69 Å². The minimum Gasteiger partial charge on any atom is -0.489 e. The van der Waals surface area contributed by atoms with Crippen molar-refractivity contribution in [3.8, 4) is 17.0 Å². The quantitative estimate of drug-likeness (QED) is 0.317. The summed E-state index contributed by atoms with van der Waals surface area (Å²) in [6, 6.07) is 13.4. The average molecular weight is 542 g/mol. The summed E-state index contributed by atoms with van der Waals surface area (Å²) >= 11 is 0. The Morgan fingerprint density at radius 2 is 1.82 bits per heavy atom. The molecule has 0 saturated heterocycles. The van der Waals surface area contributed by atoms with Gasteiger partial charge in [-0.2, -0.15) is 5.10 Å². The first-order valence-electron chi connectivity index (χ1n) is 13.0. The molecule has 1 amide bonds. The number of fused-ring (bicyclic) bond motifs is 3. The molecule has 0 saturated carbocycles. The summed E-state index contributed by atoms with van der Waals surface area (Å²) in [6.07, 6.45) is 5.79. The smallest absolute Gasteiger partial charge is 0.412 e. The van der Waals surface area contributed by atoms with Crippen LogP contribution in [0.2, 0.25) is 0 Å². The van der Waals surface area contributed by atoms with Gasteiger partial charge >= 0.3 is 12.1 Å². The summed E-state index contributed by atoms with van der Waals surface area (Å²) < 4.78 is 18.2. The Balaban J connectivity index is 1.43. The van der Waals surface area contributed by atoms with Gasteiger partial charge in [0, 0.05) is 34.8 Å². The molecule has 0 aliphatic heterocycles. The second kappa shape index (κ2) is 11.2. The summed E-state index contributed by atoms with van der Waals surface area (Å²) in [5, 5.41) is 7.46. The number of ether oxygens (including phenoxy) is 3. The molecule has 0 bridgehead atoms. The normalized spacial score (nSPS) is 12.2. The summed E-state index contributed by atoms with van der Waals surface area (Å²) in [6.45, 7) is 6.19. The third-order valence-corrected chi connectivity index (χ3v) is 6.33. The number of rotatable bonds is 7. The Kier molecular flexibility index (Phi) is 7.50.